The van der Waals surface area contributed by atoms with Crippen LogP contribution < -0.4 is 0 Å². The molecule has 0 aromatic heterocycles. The Bertz CT molecular complexity index is 849. The summed E-state index contributed by atoms with van der Waals surface area (Å²) in [4.78, 5) is 36.3. The van der Waals surface area contributed by atoms with Crippen LogP contribution in [0.1, 0.15) is 131 Å². The number of amides is 2. The van der Waals surface area contributed by atoms with Crippen LogP contribution in [0.25, 0.3) is 0 Å². The highest BCUT2D eigenvalue weighted by Gasteiger charge is 2.30. The molecule has 0 bridgehead atoms. The molecule has 4 saturated heterocycles. The summed E-state index contributed by atoms with van der Waals surface area (Å²) in [5, 5.41) is 0. The molecule has 0 aromatic carbocycles. The third-order valence-corrected chi connectivity index (χ3v) is 8.85. The van der Waals surface area contributed by atoms with Crippen LogP contribution in [0, 0.1) is 5.41 Å². The van der Waals surface area contributed by atoms with Gasteiger partial charge in [0, 0.05) is 94.5 Å². The molecule has 4 rings (SSSR count). The van der Waals surface area contributed by atoms with Crippen LogP contribution in [-0.4, -0.2) is 157 Å². The maximum absolute atomic E-state index is 11.6. The first-order valence-corrected chi connectivity index (χ1v) is 18.5. The number of likely N-dealkylation sites (N-methyl/N-ethyl adjacent to an activating group) is 2. The van der Waals surface area contributed by atoms with Crippen LogP contribution in [0.15, 0.2) is 0 Å². The highest BCUT2D eigenvalue weighted by Crippen LogP contribution is 2.21. The van der Waals surface area contributed by atoms with E-state index in [4.69, 9.17) is 4.74 Å². The summed E-state index contributed by atoms with van der Waals surface area (Å²) in [7, 11) is 4.06. The summed E-state index contributed by atoms with van der Waals surface area (Å²) in [5.74, 6) is 0.533. The first kappa shape index (κ1) is 52.1. The van der Waals surface area contributed by atoms with E-state index in [1.165, 1.54) is 45.4 Å². The Kier molecular flexibility index (Phi) is 25.6. The molecule has 0 aromatic rings. The van der Waals surface area contributed by atoms with Gasteiger partial charge >= 0.3 is 0 Å². The Hall–Kier alpha value is -1.26. The summed E-state index contributed by atoms with van der Waals surface area (Å²) in [6.07, 6.45) is 3.61. The van der Waals surface area contributed by atoms with Crippen molar-refractivity contribution in [2.24, 2.45) is 5.41 Å². The number of carbonyl (C=O) groups excluding carboxylic acids is 2. The standard InChI is InChI=1S/C9H18N2O.C9H20N2.C9H17NO.C8H17NO.C3H8.2CH4/c1-9(2,3)11-6-5-10(4)8(12)7-11;1-9(2,3)11-7-5-10(4)6-8-11;1-9(2,3)8(11)10-6-4-5-7-10;1-8(2,3)9-4-6-10-7-5-9;1-3-2;;/h5-7H2,1-4H3;5-8H2,1-4H3;4-7H2,1-3H3;4-7H2,1-3H3;3H2,1-2H3;2*1H4. The van der Waals surface area contributed by atoms with E-state index in [0.717, 1.165) is 52.5 Å². The van der Waals surface area contributed by atoms with Gasteiger partial charge in [-0.15, -0.1) is 0 Å². The van der Waals surface area contributed by atoms with Crippen LogP contribution in [-0.2, 0) is 14.3 Å². The maximum atomic E-state index is 11.6. The van der Waals surface area contributed by atoms with Gasteiger partial charge in [-0.25, -0.2) is 0 Å². The first-order chi connectivity index (χ1) is 21.4. The van der Waals surface area contributed by atoms with E-state index in [1.54, 1.807) is 4.90 Å². The number of likely N-dealkylation sites (tertiary alicyclic amines) is 1. The average Bonchev–Trinajstić information content (AvgIpc) is 3.49. The average molecular weight is 701 g/mol. The molecule has 4 fully saturated rings. The van der Waals surface area contributed by atoms with Gasteiger partial charge in [0.2, 0.25) is 11.8 Å². The van der Waals surface area contributed by atoms with E-state index in [2.05, 4.69) is 103 Å². The molecule has 2 amide bonds. The minimum absolute atomic E-state index is 0. The zero-order valence-electron chi connectivity index (χ0n) is 34.2. The van der Waals surface area contributed by atoms with Crippen molar-refractivity contribution in [3.05, 3.63) is 0 Å². The van der Waals surface area contributed by atoms with Crippen LogP contribution in [0.2, 0.25) is 0 Å². The number of nitrogens with zero attached hydrogens (tertiary/aromatic N) is 6. The molecule has 0 radical (unpaired) electrons. The van der Waals surface area contributed by atoms with E-state index >= 15 is 0 Å². The molecule has 0 N–H and O–H groups in total. The van der Waals surface area contributed by atoms with E-state index in [9.17, 15) is 9.59 Å². The second-order valence-corrected chi connectivity index (χ2v) is 17.6. The second kappa shape index (κ2) is 24.1. The van der Waals surface area contributed by atoms with Crippen LogP contribution >= 0.6 is 0 Å². The number of rotatable bonds is 0. The molecule has 0 saturated carbocycles. The third-order valence-electron chi connectivity index (χ3n) is 8.85. The molecule has 9 heteroatoms. The van der Waals surface area contributed by atoms with Crippen molar-refractivity contribution in [3.63, 3.8) is 0 Å². The molecule has 296 valence electrons. The molecule has 0 aliphatic carbocycles. The lowest BCUT2D eigenvalue weighted by molar-refractivity contribution is -0.138. The number of piperazine rings is 2. The van der Waals surface area contributed by atoms with Crippen molar-refractivity contribution in [1.82, 2.24) is 29.4 Å². The molecule has 49 heavy (non-hydrogen) atoms. The predicted octanol–water partition coefficient (Wildman–Crippen LogP) is 7.05. The summed E-state index contributed by atoms with van der Waals surface area (Å²) in [5.41, 5.74) is 0.617. The van der Waals surface area contributed by atoms with Gasteiger partial charge in [-0.1, -0.05) is 55.9 Å². The Morgan fingerprint density at radius 2 is 0.959 bits per heavy atom. The van der Waals surface area contributed by atoms with Crippen LogP contribution in [0.4, 0.5) is 0 Å². The fourth-order valence-corrected chi connectivity index (χ4v) is 5.44. The quantitative estimate of drug-likeness (QED) is 0.269. The molecule has 0 atom stereocenters. The van der Waals surface area contributed by atoms with Crippen molar-refractivity contribution in [1.29, 1.82) is 0 Å². The second-order valence-electron chi connectivity index (χ2n) is 17.6. The van der Waals surface area contributed by atoms with Gasteiger partial charge in [-0.05, 0) is 82.2 Å². The number of ether oxygens (including phenoxy) is 1. The molecule has 0 unspecified atom stereocenters. The number of morpholine rings is 1. The topological polar surface area (TPSA) is 62.8 Å². The van der Waals surface area contributed by atoms with Crippen molar-refractivity contribution in [2.45, 2.75) is 148 Å². The van der Waals surface area contributed by atoms with E-state index in [0.29, 0.717) is 23.5 Å². The molecule has 4 aliphatic heterocycles. The summed E-state index contributed by atoms with van der Waals surface area (Å²) in [6.45, 7) is 43.5. The van der Waals surface area contributed by atoms with E-state index in [1.807, 2.05) is 32.7 Å². The van der Waals surface area contributed by atoms with Gasteiger partial charge in [-0.3, -0.25) is 24.3 Å². The minimum Gasteiger partial charge on any atom is -0.379 e. The zero-order valence-corrected chi connectivity index (χ0v) is 34.2. The molecule has 4 heterocycles. The van der Waals surface area contributed by atoms with E-state index in [-0.39, 0.29) is 31.7 Å². The monoisotopic (exact) mass is 701 g/mol. The molecule has 9 nitrogen and oxygen atoms in total. The fourth-order valence-electron chi connectivity index (χ4n) is 5.44. The lowest BCUT2D eigenvalue weighted by Crippen LogP contribution is -2.55. The minimum atomic E-state index is -0.190. The molecule has 0 spiro atoms. The van der Waals surface area contributed by atoms with Gasteiger partial charge in [-0.2, -0.15) is 0 Å². The number of carbonyl (C=O) groups is 2. The summed E-state index contributed by atoms with van der Waals surface area (Å²) in [6, 6.07) is 0. The number of hydrogen-bond donors (Lipinski definition) is 0. The Labute approximate surface area is 307 Å². The molecular weight excluding hydrogens is 612 g/mol. The fraction of sp³-hybridized carbons (Fsp3) is 0.950. The van der Waals surface area contributed by atoms with Crippen molar-refractivity contribution in [3.8, 4) is 0 Å². The molecular formula is C40H88N6O3. The van der Waals surface area contributed by atoms with Gasteiger partial charge in [0.15, 0.2) is 0 Å². The van der Waals surface area contributed by atoms with Crippen LogP contribution in [0.5, 0.6) is 0 Å². The summed E-state index contributed by atoms with van der Waals surface area (Å²) >= 11 is 0. The van der Waals surface area contributed by atoms with Crippen LogP contribution in [0.3, 0.4) is 0 Å². The first-order valence-electron chi connectivity index (χ1n) is 18.5. The highest BCUT2D eigenvalue weighted by molar-refractivity contribution is 5.81. The Balaban J connectivity index is -0.000000553. The lowest BCUT2D eigenvalue weighted by Gasteiger charge is -2.41. The Morgan fingerprint density at radius 3 is 1.29 bits per heavy atom. The largest absolute Gasteiger partial charge is 0.379 e. The number of hydrogen-bond acceptors (Lipinski definition) is 7. The highest BCUT2D eigenvalue weighted by atomic mass is 16.5. The van der Waals surface area contributed by atoms with Gasteiger partial charge < -0.3 is 19.4 Å². The Morgan fingerprint density at radius 1 is 0.592 bits per heavy atom. The third kappa shape index (κ3) is 22.3. The van der Waals surface area contributed by atoms with Gasteiger partial charge in [0.05, 0.1) is 19.8 Å². The van der Waals surface area contributed by atoms with Crippen molar-refractivity contribution >= 4 is 11.8 Å². The van der Waals surface area contributed by atoms with E-state index < -0.39 is 0 Å². The van der Waals surface area contributed by atoms with Gasteiger partial charge in [0.1, 0.15) is 0 Å². The SMILES string of the molecule is C.C.CC(C)(C)C(=O)N1CCCC1.CC(C)(C)N1CCOCC1.CCC.CN1CCN(C(C)(C)C)CC1.CN1CCN(C(C)(C)C)CC1=O. The normalized spacial score (nSPS) is 20.0. The van der Waals surface area contributed by atoms with Crippen molar-refractivity contribution < 1.29 is 14.3 Å². The van der Waals surface area contributed by atoms with Gasteiger partial charge in [0.25, 0.3) is 0 Å². The summed E-state index contributed by atoms with van der Waals surface area (Å²) < 4.78 is 5.25. The molecule has 4 aliphatic rings. The lowest BCUT2D eigenvalue weighted by atomic mass is 9.95. The maximum Gasteiger partial charge on any atom is 0.236 e. The predicted molar refractivity (Wildman–Crippen MR) is 215 cm³/mol. The smallest absolute Gasteiger partial charge is 0.236 e. The van der Waals surface area contributed by atoms with Crippen molar-refractivity contribution in [2.75, 3.05) is 99.3 Å². The zero-order chi connectivity index (χ0) is 36.6.